The van der Waals surface area contributed by atoms with Gasteiger partial charge in [-0.1, -0.05) is 18.2 Å². The van der Waals surface area contributed by atoms with E-state index in [2.05, 4.69) is 5.32 Å². The van der Waals surface area contributed by atoms with Crippen LogP contribution in [0.15, 0.2) is 62.6 Å². The fraction of sp³-hybridized carbons (Fsp3) is 0.318. The summed E-state index contributed by atoms with van der Waals surface area (Å²) in [6, 6.07) is 13.0. The van der Waals surface area contributed by atoms with E-state index in [-0.39, 0.29) is 55.0 Å². The molecule has 174 valence electrons. The van der Waals surface area contributed by atoms with E-state index < -0.39 is 15.8 Å². The fourth-order valence-corrected chi connectivity index (χ4v) is 5.23. The maximum atomic E-state index is 13.1. The monoisotopic (exact) mass is 472 g/mol. The average Bonchev–Trinajstić information content (AvgIpc) is 3.16. The number of aryl methyl sites for hydroxylation is 1. The number of carbonyl (C=O) groups excluding carboxylic acids is 2. The van der Waals surface area contributed by atoms with Crippen molar-refractivity contribution in [2.24, 2.45) is 0 Å². The van der Waals surface area contributed by atoms with Crippen LogP contribution in [0.1, 0.15) is 17.3 Å². The van der Waals surface area contributed by atoms with Gasteiger partial charge < -0.3 is 14.6 Å². The number of carbonyl (C=O) groups is 2. The van der Waals surface area contributed by atoms with Crippen LogP contribution in [0, 0.1) is 0 Å². The Bertz CT molecular complexity index is 1340. The number of sulfonamides is 1. The van der Waals surface area contributed by atoms with Crippen LogP contribution in [0.3, 0.4) is 0 Å². The van der Waals surface area contributed by atoms with Gasteiger partial charge in [-0.3, -0.25) is 14.2 Å². The summed E-state index contributed by atoms with van der Waals surface area (Å²) < 4.78 is 34.1. The van der Waals surface area contributed by atoms with Crippen LogP contribution in [0.2, 0.25) is 0 Å². The van der Waals surface area contributed by atoms with E-state index in [1.807, 2.05) is 0 Å². The molecule has 3 aromatic rings. The first-order valence-electron chi connectivity index (χ1n) is 10.6. The van der Waals surface area contributed by atoms with Crippen molar-refractivity contribution in [1.29, 1.82) is 0 Å². The molecule has 10 nitrogen and oxygen atoms in total. The highest BCUT2D eigenvalue weighted by molar-refractivity contribution is 7.89. The lowest BCUT2D eigenvalue weighted by Crippen LogP contribution is -2.52. The SMILES string of the molecule is CCn1c(=O)oc2cc(S(=O)(=O)N3CCN(C(=O)CNC(=O)c4ccccc4)CC3)ccc21. The third kappa shape index (κ3) is 4.55. The molecule has 1 N–H and O–H groups in total. The highest BCUT2D eigenvalue weighted by atomic mass is 32.2. The van der Waals surface area contributed by atoms with Crippen molar-refractivity contribution in [2.75, 3.05) is 32.7 Å². The molecular formula is C22H24N4O6S. The number of amides is 2. The molecule has 0 spiro atoms. The van der Waals surface area contributed by atoms with Gasteiger partial charge in [0.1, 0.15) is 0 Å². The second kappa shape index (κ2) is 9.20. The van der Waals surface area contributed by atoms with E-state index >= 15 is 0 Å². The Hall–Kier alpha value is -3.44. The number of nitrogens with zero attached hydrogens (tertiary/aromatic N) is 3. The van der Waals surface area contributed by atoms with Gasteiger partial charge in [0, 0.05) is 44.4 Å². The molecule has 0 saturated carbocycles. The first kappa shape index (κ1) is 22.7. The van der Waals surface area contributed by atoms with Crippen molar-refractivity contribution in [3.05, 3.63) is 64.6 Å². The van der Waals surface area contributed by atoms with Gasteiger partial charge in [0.15, 0.2) is 5.58 Å². The molecule has 2 amide bonds. The first-order valence-corrected chi connectivity index (χ1v) is 12.0. The minimum Gasteiger partial charge on any atom is -0.408 e. The van der Waals surface area contributed by atoms with Crippen LogP contribution < -0.4 is 11.1 Å². The van der Waals surface area contributed by atoms with E-state index in [0.29, 0.717) is 17.6 Å². The zero-order valence-electron chi connectivity index (χ0n) is 18.1. The Balaban J connectivity index is 1.37. The Morgan fingerprint density at radius 2 is 1.73 bits per heavy atom. The van der Waals surface area contributed by atoms with Gasteiger partial charge in [0.25, 0.3) is 5.91 Å². The minimum atomic E-state index is -3.82. The van der Waals surface area contributed by atoms with Crippen molar-refractivity contribution < 1.29 is 22.4 Å². The number of nitrogens with one attached hydrogen (secondary N) is 1. The van der Waals surface area contributed by atoms with Gasteiger partial charge in [-0.15, -0.1) is 0 Å². The summed E-state index contributed by atoms with van der Waals surface area (Å²) in [6.07, 6.45) is 0. The molecule has 33 heavy (non-hydrogen) atoms. The summed E-state index contributed by atoms with van der Waals surface area (Å²) in [5.74, 6) is -1.15. The highest BCUT2D eigenvalue weighted by Gasteiger charge is 2.30. The molecule has 1 aliphatic rings. The van der Waals surface area contributed by atoms with E-state index in [0.717, 1.165) is 0 Å². The van der Waals surface area contributed by atoms with Crippen molar-refractivity contribution in [3.63, 3.8) is 0 Å². The molecule has 0 radical (unpaired) electrons. The quantitative estimate of drug-likeness (QED) is 0.568. The molecule has 11 heteroatoms. The lowest BCUT2D eigenvalue weighted by atomic mass is 10.2. The van der Waals surface area contributed by atoms with Crippen LogP contribution in [0.25, 0.3) is 11.1 Å². The van der Waals surface area contributed by atoms with Crippen molar-refractivity contribution in [2.45, 2.75) is 18.4 Å². The van der Waals surface area contributed by atoms with Gasteiger partial charge in [0.2, 0.25) is 15.9 Å². The normalized spacial score (nSPS) is 15.0. The number of hydrogen-bond acceptors (Lipinski definition) is 6. The van der Waals surface area contributed by atoms with Gasteiger partial charge in [-0.05, 0) is 31.2 Å². The molecule has 4 rings (SSSR count). The van der Waals surface area contributed by atoms with Gasteiger partial charge in [-0.25, -0.2) is 13.2 Å². The third-order valence-electron chi connectivity index (χ3n) is 5.62. The van der Waals surface area contributed by atoms with Crippen molar-refractivity contribution >= 4 is 32.9 Å². The van der Waals surface area contributed by atoms with E-state index in [1.54, 1.807) is 43.3 Å². The van der Waals surface area contributed by atoms with Crippen LogP contribution >= 0.6 is 0 Å². The number of fused-ring (bicyclic) bond motifs is 1. The summed E-state index contributed by atoms with van der Waals surface area (Å²) in [7, 11) is -3.82. The number of benzene rings is 2. The molecule has 0 aliphatic carbocycles. The van der Waals surface area contributed by atoms with Gasteiger partial charge in [0.05, 0.1) is 17.0 Å². The van der Waals surface area contributed by atoms with Crippen LogP contribution in [-0.2, 0) is 21.4 Å². The Kier molecular flexibility index (Phi) is 6.34. The smallest absolute Gasteiger partial charge is 0.408 e. The lowest BCUT2D eigenvalue weighted by Gasteiger charge is -2.34. The largest absolute Gasteiger partial charge is 0.419 e. The Morgan fingerprint density at radius 3 is 2.39 bits per heavy atom. The second-order valence-corrected chi connectivity index (χ2v) is 9.51. The minimum absolute atomic E-state index is 0.0295. The molecule has 1 saturated heterocycles. The molecule has 1 fully saturated rings. The Morgan fingerprint density at radius 1 is 1.03 bits per heavy atom. The van der Waals surface area contributed by atoms with E-state index in [9.17, 15) is 22.8 Å². The predicted molar refractivity (Wildman–Crippen MR) is 120 cm³/mol. The van der Waals surface area contributed by atoms with Crippen LogP contribution in [-0.4, -0.2) is 66.7 Å². The summed E-state index contributed by atoms with van der Waals surface area (Å²) in [5, 5.41) is 2.59. The van der Waals surface area contributed by atoms with Gasteiger partial charge in [-0.2, -0.15) is 4.31 Å². The molecule has 2 aromatic carbocycles. The van der Waals surface area contributed by atoms with Crippen molar-refractivity contribution in [3.8, 4) is 0 Å². The molecular weight excluding hydrogens is 448 g/mol. The topological polar surface area (TPSA) is 122 Å². The zero-order valence-corrected chi connectivity index (χ0v) is 18.9. The highest BCUT2D eigenvalue weighted by Crippen LogP contribution is 2.22. The molecule has 0 bridgehead atoms. The average molecular weight is 473 g/mol. The number of oxazole rings is 1. The molecule has 0 atom stereocenters. The molecule has 1 aliphatic heterocycles. The van der Waals surface area contributed by atoms with Crippen LogP contribution in [0.5, 0.6) is 0 Å². The molecule has 2 heterocycles. The maximum absolute atomic E-state index is 13.1. The summed E-state index contributed by atoms with van der Waals surface area (Å²) in [5.41, 5.74) is 1.21. The number of aromatic nitrogens is 1. The lowest BCUT2D eigenvalue weighted by molar-refractivity contribution is -0.131. The summed E-state index contributed by atoms with van der Waals surface area (Å²) in [4.78, 5) is 38.0. The summed E-state index contributed by atoms with van der Waals surface area (Å²) in [6.45, 7) is 2.72. The first-order chi connectivity index (χ1) is 15.8. The Labute approximate surface area is 190 Å². The zero-order chi connectivity index (χ0) is 23.6. The summed E-state index contributed by atoms with van der Waals surface area (Å²) >= 11 is 0. The second-order valence-electron chi connectivity index (χ2n) is 7.58. The van der Waals surface area contributed by atoms with Crippen molar-refractivity contribution in [1.82, 2.24) is 19.1 Å². The fourth-order valence-electron chi connectivity index (χ4n) is 3.79. The molecule has 1 aromatic heterocycles. The van der Waals surface area contributed by atoms with E-state index in [4.69, 9.17) is 4.42 Å². The number of piperazine rings is 1. The van der Waals surface area contributed by atoms with E-state index in [1.165, 1.54) is 25.9 Å². The molecule has 0 unspecified atom stereocenters. The van der Waals surface area contributed by atoms with Crippen LogP contribution in [0.4, 0.5) is 0 Å². The number of rotatable bonds is 6. The maximum Gasteiger partial charge on any atom is 0.419 e. The third-order valence-corrected chi connectivity index (χ3v) is 7.52. The predicted octanol–water partition coefficient (Wildman–Crippen LogP) is 0.877. The van der Waals surface area contributed by atoms with Gasteiger partial charge >= 0.3 is 5.76 Å². The number of hydrogen-bond donors (Lipinski definition) is 1. The standard InChI is InChI=1S/C22H24N4O6S/c1-2-26-18-9-8-17(14-19(18)32-22(26)29)33(30,31)25-12-10-24(11-13-25)20(27)15-23-21(28)16-6-4-3-5-7-16/h3-9,14H,2,10-13,15H2,1H3,(H,23,28).